The average molecular weight is 295 g/mol. The van der Waals surface area contributed by atoms with Crippen LogP contribution < -0.4 is 0 Å². The lowest BCUT2D eigenvalue weighted by atomic mass is 10.1. The topological polar surface area (TPSA) is 57.6 Å². The Balaban J connectivity index is 2.40. The first-order valence-electron chi connectivity index (χ1n) is 6.50. The van der Waals surface area contributed by atoms with Crippen LogP contribution in [0, 0.1) is 12.8 Å². The van der Waals surface area contributed by atoms with Gasteiger partial charge in [-0.15, -0.1) is 0 Å². The molecule has 0 saturated carbocycles. The molecule has 0 aromatic heterocycles. The zero-order valence-electron chi connectivity index (χ0n) is 12.1. The highest BCUT2D eigenvalue weighted by atomic mass is 32.2. The number of aliphatic carboxylic acids is 1. The monoisotopic (exact) mass is 295 g/mol. The predicted octanol–water partition coefficient (Wildman–Crippen LogP) is 2.41. The average Bonchev–Trinajstić information content (AvgIpc) is 2.40. The molecule has 0 saturated heterocycles. The number of thioether (sulfide) groups is 1. The third-order valence-corrected chi connectivity index (χ3v) is 4.30. The summed E-state index contributed by atoms with van der Waals surface area (Å²) < 4.78 is 0. The van der Waals surface area contributed by atoms with Crippen molar-refractivity contribution in [2.45, 2.75) is 20.4 Å². The molecule has 1 rings (SSSR count). The number of aryl methyl sites for hydroxylation is 1. The number of nitrogens with zero attached hydrogens (tertiary/aromatic N) is 1. The van der Waals surface area contributed by atoms with E-state index in [1.807, 2.05) is 31.2 Å². The minimum absolute atomic E-state index is 0.0239. The van der Waals surface area contributed by atoms with Crippen molar-refractivity contribution in [3.63, 3.8) is 0 Å². The van der Waals surface area contributed by atoms with Crippen LogP contribution in [-0.4, -0.2) is 40.4 Å². The highest BCUT2D eigenvalue weighted by Crippen LogP contribution is 2.12. The molecular formula is C15H21NO3S. The van der Waals surface area contributed by atoms with E-state index in [0.717, 1.165) is 5.56 Å². The fourth-order valence-electron chi connectivity index (χ4n) is 1.64. The van der Waals surface area contributed by atoms with Gasteiger partial charge in [0.15, 0.2) is 0 Å². The van der Waals surface area contributed by atoms with Crippen LogP contribution in [0.15, 0.2) is 24.3 Å². The normalized spacial score (nSPS) is 11.9. The number of carbonyl (C=O) groups excluding carboxylic acids is 1. The Labute approximate surface area is 124 Å². The summed E-state index contributed by atoms with van der Waals surface area (Å²) in [5.74, 6) is -0.442. The molecule has 0 radical (unpaired) electrons. The number of carboxylic acid groups (broad SMARTS) is 1. The Morgan fingerprint density at radius 2 is 2.00 bits per heavy atom. The molecular weight excluding hydrogens is 274 g/mol. The van der Waals surface area contributed by atoms with Crippen molar-refractivity contribution in [2.24, 2.45) is 5.92 Å². The van der Waals surface area contributed by atoms with Crippen LogP contribution in [0.3, 0.4) is 0 Å². The quantitative estimate of drug-likeness (QED) is 0.839. The van der Waals surface area contributed by atoms with E-state index in [4.69, 9.17) is 5.11 Å². The van der Waals surface area contributed by atoms with Gasteiger partial charge in [0.1, 0.15) is 0 Å². The van der Waals surface area contributed by atoms with Crippen molar-refractivity contribution < 1.29 is 14.7 Å². The van der Waals surface area contributed by atoms with Crippen LogP contribution in [0.2, 0.25) is 0 Å². The van der Waals surface area contributed by atoms with Crippen LogP contribution in [-0.2, 0) is 16.1 Å². The van der Waals surface area contributed by atoms with Crippen LogP contribution in [0.4, 0.5) is 0 Å². The van der Waals surface area contributed by atoms with Gasteiger partial charge in [-0.05, 0) is 18.1 Å². The fraction of sp³-hybridized carbons (Fsp3) is 0.467. The number of hydrogen-bond acceptors (Lipinski definition) is 3. The minimum atomic E-state index is -0.821. The van der Waals surface area contributed by atoms with Crippen molar-refractivity contribution >= 4 is 23.6 Å². The van der Waals surface area contributed by atoms with E-state index in [2.05, 4.69) is 0 Å². The molecule has 0 aliphatic rings. The maximum absolute atomic E-state index is 12.0. The SMILES string of the molecule is Cc1ccccc1CN(C)C(=O)CSCC(C)C(=O)O. The third-order valence-electron chi connectivity index (χ3n) is 3.11. The summed E-state index contributed by atoms with van der Waals surface area (Å²) in [4.78, 5) is 24.3. The fourth-order valence-corrected chi connectivity index (χ4v) is 2.64. The Morgan fingerprint density at radius 1 is 1.35 bits per heavy atom. The minimum Gasteiger partial charge on any atom is -0.481 e. The molecule has 5 heteroatoms. The molecule has 1 amide bonds. The molecule has 0 aliphatic heterocycles. The van der Waals surface area contributed by atoms with Crippen molar-refractivity contribution in [2.75, 3.05) is 18.6 Å². The Morgan fingerprint density at radius 3 is 2.60 bits per heavy atom. The van der Waals surface area contributed by atoms with Gasteiger partial charge in [-0.1, -0.05) is 31.2 Å². The summed E-state index contributed by atoms with van der Waals surface area (Å²) in [6.07, 6.45) is 0. The van der Waals surface area contributed by atoms with Gasteiger partial charge in [0, 0.05) is 19.3 Å². The van der Waals surface area contributed by atoms with Crippen molar-refractivity contribution in [3.05, 3.63) is 35.4 Å². The number of benzene rings is 1. The largest absolute Gasteiger partial charge is 0.481 e. The van der Waals surface area contributed by atoms with Crippen molar-refractivity contribution in [3.8, 4) is 0 Å². The summed E-state index contributed by atoms with van der Waals surface area (Å²) in [6.45, 7) is 4.26. The lowest BCUT2D eigenvalue weighted by Crippen LogP contribution is -2.28. The lowest BCUT2D eigenvalue weighted by molar-refractivity contribution is -0.140. The van der Waals surface area contributed by atoms with Gasteiger partial charge < -0.3 is 10.0 Å². The smallest absolute Gasteiger partial charge is 0.307 e. The molecule has 1 unspecified atom stereocenters. The van der Waals surface area contributed by atoms with E-state index in [9.17, 15) is 9.59 Å². The van der Waals surface area contributed by atoms with Gasteiger partial charge in [0.2, 0.25) is 5.91 Å². The molecule has 1 atom stereocenters. The zero-order valence-corrected chi connectivity index (χ0v) is 12.9. The number of hydrogen-bond donors (Lipinski definition) is 1. The molecule has 1 aromatic carbocycles. The first-order chi connectivity index (χ1) is 9.41. The maximum atomic E-state index is 12.0. The molecule has 0 heterocycles. The molecule has 20 heavy (non-hydrogen) atoms. The standard InChI is InChI=1S/C15H21NO3S/c1-11-6-4-5-7-13(11)8-16(3)14(17)10-20-9-12(2)15(18)19/h4-7,12H,8-10H2,1-3H3,(H,18,19). The first-order valence-corrected chi connectivity index (χ1v) is 7.66. The van der Waals surface area contributed by atoms with E-state index in [-0.39, 0.29) is 5.91 Å². The van der Waals surface area contributed by atoms with Crippen LogP contribution >= 0.6 is 11.8 Å². The second-order valence-electron chi connectivity index (χ2n) is 4.93. The summed E-state index contributed by atoms with van der Waals surface area (Å²) in [7, 11) is 1.77. The third kappa shape index (κ3) is 5.25. The predicted molar refractivity (Wildman–Crippen MR) is 81.8 cm³/mol. The van der Waals surface area contributed by atoms with Crippen molar-refractivity contribution in [1.29, 1.82) is 0 Å². The summed E-state index contributed by atoms with van der Waals surface area (Å²) >= 11 is 1.37. The zero-order chi connectivity index (χ0) is 15.1. The summed E-state index contributed by atoms with van der Waals surface area (Å²) in [6, 6.07) is 7.98. The molecule has 4 nitrogen and oxygen atoms in total. The number of rotatable bonds is 7. The Bertz CT molecular complexity index is 476. The summed E-state index contributed by atoms with van der Waals surface area (Å²) in [5, 5.41) is 8.77. The second-order valence-corrected chi connectivity index (χ2v) is 5.96. The van der Waals surface area contributed by atoms with E-state index >= 15 is 0 Å². The van der Waals surface area contributed by atoms with E-state index in [1.165, 1.54) is 17.3 Å². The molecule has 0 spiro atoms. The van der Waals surface area contributed by atoms with Gasteiger partial charge in [-0.2, -0.15) is 11.8 Å². The molecule has 1 N–H and O–H groups in total. The Kier molecular flexibility index (Phi) is 6.58. The molecule has 110 valence electrons. The van der Waals surface area contributed by atoms with Crippen LogP contribution in [0.5, 0.6) is 0 Å². The van der Waals surface area contributed by atoms with Gasteiger partial charge in [-0.3, -0.25) is 9.59 Å². The van der Waals surface area contributed by atoms with Gasteiger partial charge in [-0.25, -0.2) is 0 Å². The molecule has 1 aromatic rings. The Hall–Kier alpha value is -1.49. The highest BCUT2D eigenvalue weighted by molar-refractivity contribution is 7.99. The van der Waals surface area contributed by atoms with Crippen molar-refractivity contribution in [1.82, 2.24) is 4.90 Å². The maximum Gasteiger partial charge on any atom is 0.307 e. The second kappa shape index (κ2) is 7.94. The number of carboxylic acids is 1. The van der Waals surface area contributed by atoms with Crippen LogP contribution in [0.1, 0.15) is 18.1 Å². The van der Waals surface area contributed by atoms with E-state index in [0.29, 0.717) is 18.1 Å². The van der Waals surface area contributed by atoms with E-state index < -0.39 is 11.9 Å². The first kappa shape index (κ1) is 16.6. The van der Waals surface area contributed by atoms with Gasteiger partial charge in [0.05, 0.1) is 11.7 Å². The lowest BCUT2D eigenvalue weighted by Gasteiger charge is -2.18. The van der Waals surface area contributed by atoms with Gasteiger partial charge in [0.25, 0.3) is 0 Å². The molecule has 0 bridgehead atoms. The van der Waals surface area contributed by atoms with Crippen LogP contribution in [0.25, 0.3) is 0 Å². The number of amides is 1. The molecule has 0 aliphatic carbocycles. The van der Waals surface area contributed by atoms with Gasteiger partial charge >= 0.3 is 5.97 Å². The highest BCUT2D eigenvalue weighted by Gasteiger charge is 2.14. The molecule has 0 fully saturated rings. The summed E-state index contributed by atoms with van der Waals surface area (Å²) in [5.41, 5.74) is 2.30. The number of carbonyl (C=O) groups is 2. The van der Waals surface area contributed by atoms with E-state index in [1.54, 1.807) is 18.9 Å².